The minimum absolute atomic E-state index is 0. The Morgan fingerprint density at radius 3 is 1.10 bits per heavy atom. The normalized spacial score (nSPS) is 21.1. The van der Waals surface area contributed by atoms with Crippen LogP contribution >= 0.6 is 0 Å². The van der Waals surface area contributed by atoms with Gasteiger partial charge in [-0.1, -0.05) is 115 Å². The van der Waals surface area contributed by atoms with E-state index in [1.807, 2.05) is 6.07 Å². The van der Waals surface area contributed by atoms with Crippen molar-refractivity contribution < 1.29 is 42.6 Å². The van der Waals surface area contributed by atoms with Crippen molar-refractivity contribution in [2.45, 2.75) is 113 Å². The molecule has 30 heavy (non-hydrogen) atoms. The molecule has 0 unspecified atom stereocenters. The van der Waals surface area contributed by atoms with Crippen LogP contribution in [-0.4, -0.2) is 29.2 Å². The Morgan fingerprint density at radius 2 is 0.867 bits per heavy atom. The van der Waals surface area contributed by atoms with Gasteiger partial charge >= 0.3 is 0 Å². The van der Waals surface area contributed by atoms with Crippen molar-refractivity contribution in [1.29, 1.82) is 0 Å². The maximum Gasteiger partial charge on any atom is 0.197 e. The molecule has 6 heteroatoms. The monoisotopic (exact) mass is 472 g/mol. The zero-order chi connectivity index (χ0) is 19.0. The van der Waals surface area contributed by atoms with E-state index in [0.717, 1.165) is 16.6 Å². The quantitative estimate of drug-likeness (QED) is 0.554. The van der Waals surface area contributed by atoms with E-state index in [2.05, 4.69) is 0 Å². The Hall–Kier alpha value is -0.169. The first kappa shape index (κ1) is 29.8. The van der Waals surface area contributed by atoms with Crippen molar-refractivity contribution in [2.24, 2.45) is 0 Å². The molecule has 0 amide bonds. The summed E-state index contributed by atoms with van der Waals surface area (Å²) < 4.78 is 0. The topological polar surface area (TPSA) is 103 Å². The Kier molecular flexibility index (Phi) is 15.5. The summed E-state index contributed by atoms with van der Waals surface area (Å²) in [6, 6.07) is 8.71. The molecule has 1 aromatic rings. The van der Waals surface area contributed by atoms with Crippen LogP contribution in [0.2, 0.25) is 16.6 Å². The van der Waals surface area contributed by atoms with E-state index in [1.165, 1.54) is 96.3 Å². The molecule has 0 aromatic heterocycles. The summed E-state index contributed by atoms with van der Waals surface area (Å²) in [6.07, 6.45) is 20.9. The predicted octanol–water partition coefficient (Wildman–Crippen LogP) is 5.67. The average molecular weight is 473 g/mol. The summed E-state index contributed by atoms with van der Waals surface area (Å²) in [5.74, 6) is 0.322. The zero-order valence-electron chi connectivity index (χ0n) is 18.6. The van der Waals surface area contributed by atoms with Crippen molar-refractivity contribution in [3.8, 4) is 5.75 Å². The molecule has 172 valence electrons. The predicted molar refractivity (Wildman–Crippen MR) is 124 cm³/mol. The third-order valence-electron chi connectivity index (χ3n) is 7.53. The standard InChI is InChI=1S/C18H34OSi.C6H6O.2H2O.Ti/c19-20(16-10-4-1-5-11-16,17-12-6-2-7-13-17)18-14-8-3-9-15-18;7-6-4-2-1-3-5-6;;;/h16-19H,1-15H2;1-5,7H;2*1H2;. The van der Waals surface area contributed by atoms with Crippen LogP contribution in [0.5, 0.6) is 5.75 Å². The van der Waals surface area contributed by atoms with Crippen LogP contribution in [0, 0.1) is 0 Å². The van der Waals surface area contributed by atoms with Gasteiger partial charge in [0.2, 0.25) is 0 Å². The maximum absolute atomic E-state index is 12.0. The minimum atomic E-state index is -2.05. The number of para-hydroxylation sites is 1. The number of phenols is 1. The fourth-order valence-electron chi connectivity index (χ4n) is 6.12. The van der Waals surface area contributed by atoms with Crippen LogP contribution in [0.15, 0.2) is 30.3 Å². The molecular formula is C24H44O4SiTi. The molecule has 0 saturated heterocycles. The molecule has 0 radical (unpaired) electrons. The molecule has 6 N–H and O–H groups in total. The molecule has 0 heterocycles. The Bertz CT molecular complexity index is 482. The van der Waals surface area contributed by atoms with E-state index >= 15 is 0 Å². The van der Waals surface area contributed by atoms with Gasteiger partial charge in [0, 0.05) is 21.7 Å². The van der Waals surface area contributed by atoms with Crippen LogP contribution in [-0.2, 0) is 21.7 Å². The number of phenolic OH excluding ortho intramolecular Hbond substituents is 1. The first-order valence-electron chi connectivity index (χ1n) is 11.7. The fraction of sp³-hybridized carbons (Fsp3) is 0.750. The van der Waals surface area contributed by atoms with E-state index < -0.39 is 8.32 Å². The maximum atomic E-state index is 12.0. The van der Waals surface area contributed by atoms with E-state index in [-0.39, 0.29) is 32.7 Å². The Balaban J connectivity index is 0.000000726. The molecule has 0 atom stereocenters. The van der Waals surface area contributed by atoms with Crippen LogP contribution in [0.1, 0.15) is 96.3 Å². The Labute approximate surface area is 199 Å². The van der Waals surface area contributed by atoms with E-state index in [1.54, 1.807) is 24.3 Å². The van der Waals surface area contributed by atoms with Gasteiger partial charge in [-0.25, -0.2) is 0 Å². The molecule has 0 spiro atoms. The average Bonchev–Trinajstić information content (AvgIpc) is 2.76. The van der Waals surface area contributed by atoms with Crippen LogP contribution in [0.4, 0.5) is 0 Å². The molecule has 1 aromatic carbocycles. The summed E-state index contributed by atoms with van der Waals surface area (Å²) in [6.45, 7) is 0. The first-order chi connectivity index (χ1) is 13.2. The van der Waals surface area contributed by atoms with Gasteiger partial charge in [-0.3, -0.25) is 0 Å². The van der Waals surface area contributed by atoms with Crippen LogP contribution < -0.4 is 0 Å². The zero-order valence-corrected chi connectivity index (χ0v) is 21.2. The van der Waals surface area contributed by atoms with E-state index in [0.29, 0.717) is 5.75 Å². The summed E-state index contributed by atoms with van der Waals surface area (Å²) in [7, 11) is -2.05. The number of hydrogen-bond donors (Lipinski definition) is 2. The molecule has 3 aliphatic rings. The summed E-state index contributed by atoms with van der Waals surface area (Å²) in [4.78, 5) is 12.0. The third-order valence-corrected chi connectivity index (χ3v) is 13.2. The molecule has 0 bridgehead atoms. The third kappa shape index (κ3) is 8.07. The van der Waals surface area contributed by atoms with Gasteiger partial charge in [0.05, 0.1) is 0 Å². The van der Waals surface area contributed by atoms with Gasteiger partial charge in [-0.2, -0.15) is 0 Å². The number of benzene rings is 1. The first-order valence-corrected chi connectivity index (χ1v) is 13.9. The van der Waals surface area contributed by atoms with E-state index in [9.17, 15) is 4.80 Å². The fourth-order valence-corrected chi connectivity index (χ4v) is 12.1. The van der Waals surface area contributed by atoms with Gasteiger partial charge in [-0.05, 0) is 28.8 Å². The second kappa shape index (κ2) is 15.6. The molecule has 3 fully saturated rings. The van der Waals surface area contributed by atoms with Crippen molar-refractivity contribution in [1.82, 2.24) is 0 Å². The smallest absolute Gasteiger partial charge is 0.197 e. The number of aromatic hydroxyl groups is 1. The van der Waals surface area contributed by atoms with Crippen LogP contribution in [0.25, 0.3) is 0 Å². The minimum Gasteiger partial charge on any atom is -0.508 e. The molecule has 0 aliphatic heterocycles. The summed E-state index contributed by atoms with van der Waals surface area (Å²) >= 11 is 0. The van der Waals surface area contributed by atoms with Gasteiger partial charge in [0.15, 0.2) is 8.32 Å². The number of rotatable bonds is 3. The second-order valence-electron chi connectivity index (χ2n) is 9.23. The largest absolute Gasteiger partial charge is 0.508 e. The van der Waals surface area contributed by atoms with Gasteiger partial charge < -0.3 is 20.9 Å². The van der Waals surface area contributed by atoms with Crippen molar-refractivity contribution in [2.75, 3.05) is 0 Å². The van der Waals surface area contributed by atoms with E-state index in [4.69, 9.17) is 5.11 Å². The van der Waals surface area contributed by atoms with Crippen LogP contribution in [0.3, 0.4) is 0 Å². The summed E-state index contributed by atoms with van der Waals surface area (Å²) in [5.41, 5.74) is 2.30. The molecule has 3 saturated carbocycles. The Morgan fingerprint density at radius 1 is 0.567 bits per heavy atom. The molecule has 3 aliphatic carbocycles. The second-order valence-corrected chi connectivity index (χ2v) is 13.5. The van der Waals surface area contributed by atoms with Crippen molar-refractivity contribution in [3.05, 3.63) is 30.3 Å². The number of hydrogen-bond acceptors (Lipinski definition) is 2. The molecule has 4 nitrogen and oxygen atoms in total. The molecular weight excluding hydrogens is 428 g/mol. The SMILES string of the molecule is O.O.O[Si](C1CCCCC1)(C1CCCCC1)C1CCCCC1.Oc1ccccc1.[Ti]. The van der Waals surface area contributed by atoms with Gasteiger partial charge in [0.25, 0.3) is 0 Å². The van der Waals surface area contributed by atoms with Crippen molar-refractivity contribution in [3.63, 3.8) is 0 Å². The summed E-state index contributed by atoms with van der Waals surface area (Å²) in [5, 5.41) is 8.63. The molecule has 4 rings (SSSR count). The van der Waals surface area contributed by atoms with Gasteiger partial charge in [0.1, 0.15) is 5.75 Å². The van der Waals surface area contributed by atoms with Crippen molar-refractivity contribution >= 4 is 8.32 Å². The van der Waals surface area contributed by atoms with Gasteiger partial charge in [-0.15, -0.1) is 0 Å².